The van der Waals surface area contributed by atoms with Crippen LogP contribution >= 0.6 is 0 Å². The van der Waals surface area contributed by atoms with Crippen molar-refractivity contribution in [3.8, 4) is 0 Å². The Morgan fingerprint density at radius 2 is 1.96 bits per heavy atom. The molecular formula is C17H17N5O3. The molecule has 0 radical (unpaired) electrons. The number of nitrogens with zero attached hydrogens (tertiary/aromatic N) is 3. The third-order valence-electron chi connectivity index (χ3n) is 4.06. The topological polar surface area (TPSA) is 123 Å². The van der Waals surface area contributed by atoms with Crippen LogP contribution in [0.5, 0.6) is 0 Å². The Morgan fingerprint density at radius 3 is 2.68 bits per heavy atom. The van der Waals surface area contributed by atoms with Crippen molar-refractivity contribution >= 4 is 22.6 Å². The van der Waals surface area contributed by atoms with Gasteiger partial charge in [0.1, 0.15) is 5.69 Å². The molecule has 25 heavy (non-hydrogen) atoms. The van der Waals surface area contributed by atoms with E-state index in [4.69, 9.17) is 10.9 Å². The molecule has 0 saturated heterocycles. The number of hydroxylamine groups is 1. The van der Waals surface area contributed by atoms with Crippen LogP contribution < -0.4 is 11.2 Å². The maximum atomic E-state index is 11.7. The van der Waals surface area contributed by atoms with E-state index in [1.54, 1.807) is 5.48 Å². The molecule has 1 atom stereocenters. The summed E-state index contributed by atoms with van der Waals surface area (Å²) in [6, 6.07) is 13.7. The molecule has 0 aliphatic rings. The lowest BCUT2D eigenvalue weighted by atomic mass is 9.93. The fourth-order valence-corrected chi connectivity index (χ4v) is 2.81. The highest BCUT2D eigenvalue weighted by atomic mass is 16.5. The zero-order valence-electron chi connectivity index (χ0n) is 13.3. The fraction of sp³-hybridized carbons (Fsp3) is 0.176. The molecule has 2 aromatic carbocycles. The third-order valence-corrected chi connectivity index (χ3v) is 4.06. The minimum atomic E-state index is -0.645. The molecule has 0 aliphatic carbocycles. The van der Waals surface area contributed by atoms with Crippen molar-refractivity contribution < 1.29 is 14.8 Å². The number of hydrogen-bond acceptors (Lipinski definition) is 5. The zero-order valence-corrected chi connectivity index (χ0v) is 13.3. The summed E-state index contributed by atoms with van der Waals surface area (Å²) < 4.78 is 1.37. The molecular weight excluding hydrogens is 322 g/mol. The van der Waals surface area contributed by atoms with E-state index in [0.717, 1.165) is 16.3 Å². The second-order valence-corrected chi connectivity index (χ2v) is 5.71. The molecule has 0 bridgehead atoms. The standard InChI is InChI=1S/C17H17N5O3/c18-17(24)15-9-19-21-22(15)10-14(8-16(23)20-25)13-6-5-11-3-1-2-4-12(11)7-13/h1-7,9,14,25H,8,10H2,(H2,18,24)(H,20,23)/t14-/m1/s1. The highest BCUT2D eigenvalue weighted by Gasteiger charge is 2.20. The van der Waals surface area contributed by atoms with Gasteiger partial charge in [0.25, 0.3) is 5.91 Å². The van der Waals surface area contributed by atoms with Gasteiger partial charge in [0.15, 0.2) is 0 Å². The van der Waals surface area contributed by atoms with Crippen LogP contribution in [0.1, 0.15) is 28.4 Å². The van der Waals surface area contributed by atoms with E-state index < -0.39 is 11.8 Å². The molecule has 0 fully saturated rings. The number of rotatable bonds is 6. The maximum Gasteiger partial charge on any atom is 0.268 e. The Bertz CT molecular complexity index is 921. The minimum absolute atomic E-state index is 0.0207. The van der Waals surface area contributed by atoms with E-state index in [1.807, 2.05) is 42.5 Å². The summed E-state index contributed by atoms with van der Waals surface area (Å²) in [6.45, 7) is 0.226. The molecule has 0 saturated carbocycles. The molecule has 0 spiro atoms. The predicted molar refractivity (Wildman–Crippen MR) is 89.8 cm³/mol. The van der Waals surface area contributed by atoms with Gasteiger partial charge in [0, 0.05) is 12.3 Å². The number of hydrogen-bond donors (Lipinski definition) is 3. The normalized spacial score (nSPS) is 12.0. The monoisotopic (exact) mass is 339 g/mol. The quantitative estimate of drug-likeness (QED) is 0.460. The zero-order chi connectivity index (χ0) is 17.8. The van der Waals surface area contributed by atoms with E-state index in [0.29, 0.717) is 0 Å². The number of benzene rings is 2. The average Bonchev–Trinajstić information content (AvgIpc) is 3.09. The lowest BCUT2D eigenvalue weighted by Crippen LogP contribution is -2.25. The summed E-state index contributed by atoms with van der Waals surface area (Å²) in [5, 5.41) is 18.5. The van der Waals surface area contributed by atoms with Crippen molar-refractivity contribution in [2.45, 2.75) is 18.9 Å². The molecule has 0 unspecified atom stereocenters. The van der Waals surface area contributed by atoms with Gasteiger partial charge < -0.3 is 5.73 Å². The van der Waals surface area contributed by atoms with Crippen LogP contribution in [0.15, 0.2) is 48.7 Å². The first-order valence-electron chi connectivity index (χ1n) is 7.68. The van der Waals surface area contributed by atoms with E-state index in [1.165, 1.54) is 10.9 Å². The lowest BCUT2D eigenvalue weighted by Gasteiger charge is -2.17. The number of nitrogens with two attached hydrogens (primary N) is 1. The van der Waals surface area contributed by atoms with Gasteiger partial charge in [0.05, 0.1) is 12.7 Å². The fourth-order valence-electron chi connectivity index (χ4n) is 2.81. The number of carbonyl (C=O) groups is 2. The summed E-state index contributed by atoms with van der Waals surface area (Å²) in [7, 11) is 0. The lowest BCUT2D eigenvalue weighted by molar-refractivity contribution is -0.129. The van der Waals surface area contributed by atoms with Gasteiger partial charge in [-0.05, 0) is 16.3 Å². The number of aromatic nitrogens is 3. The Hall–Kier alpha value is -3.26. The maximum absolute atomic E-state index is 11.7. The first-order valence-corrected chi connectivity index (χ1v) is 7.68. The number of fused-ring (bicyclic) bond motifs is 1. The van der Waals surface area contributed by atoms with Crippen LogP contribution in [0, 0.1) is 0 Å². The van der Waals surface area contributed by atoms with Gasteiger partial charge >= 0.3 is 0 Å². The first-order chi connectivity index (χ1) is 12.1. The Morgan fingerprint density at radius 1 is 1.20 bits per heavy atom. The van der Waals surface area contributed by atoms with Crippen molar-refractivity contribution in [3.63, 3.8) is 0 Å². The Labute approximate surface area is 143 Å². The summed E-state index contributed by atoms with van der Waals surface area (Å²) in [6.07, 6.45) is 1.30. The highest BCUT2D eigenvalue weighted by molar-refractivity contribution is 5.90. The third kappa shape index (κ3) is 3.64. The van der Waals surface area contributed by atoms with E-state index in [2.05, 4.69) is 10.3 Å². The van der Waals surface area contributed by atoms with Crippen molar-refractivity contribution in [3.05, 3.63) is 59.9 Å². The number of nitrogens with one attached hydrogen (secondary N) is 1. The molecule has 1 aromatic heterocycles. The van der Waals surface area contributed by atoms with Crippen LogP contribution in [0.3, 0.4) is 0 Å². The highest BCUT2D eigenvalue weighted by Crippen LogP contribution is 2.26. The van der Waals surface area contributed by atoms with Gasteiger partial charge in [-0.2, -0.15) is 0 Å². The molecule has 2 amide bonds. The molecule has 3 aromatic rings. The molecule has 128 valence electrons. The van der Waals surface area contributed by atoms with Gasteiger partial charge in [-0.3, -0.25) is 14.8 Å². The van der Waals surface area contributed by atoms with Gasteiger partial charge in [-0.1, -0.05) is 47.7 Å². The van der Waals surface area contributed by atoms with Gasteiger partial charge in [-0.25, -0.2) is 10.2 Å². The number of carbonyl (C=O) groups excluding carboxylic acids is 2. The van der Waals surface area contributed by atoms with Crippen LogP contribution in [0.2, 0.25) is 0 Å². The van der Waals surface area contributed by atoms with Crippen molar-refractivity contribution in [1.29, 1.82) is 0 Å². The SMILES string of the molecule is NC(=O)c1cnnn1C[C@@H](CC(=O)NO)c1ccc2ccccc2c1. The molecule has 0 aliphatic heterocycles. The van der Waals surface area contributed by atoms with Crippen LogP contribution in [0.4, 0.5) is 0 Å². The first kappa shape index (κ1) is 16.6. The minimum Gasteiger partial charge on any atom is -0.364 e. The van der Waals surface area contributed by atoms with Gasteiger partial charge in [0.2, 0.25) is 5.91 Å². The second kappa shape index (κ2) is 7.10. The smallest absolute Gasteiger partial charge is 0.268 e. The van der Waals surface area contributed by atoms with Crippen LogP contribution in [0.25, 0.3) is 10.8 Å². The molecule has 8 heteroatoms. The van der Waals surface area contributed by atoms with Crippen LogP contribution in [-0.4, -0.2) is 32.0 Å². The summed E-state index contributed by atoms with van der Waals surface area (Å²) in [4.78, 5) is 23.2. The van der Waals surface area contributed by atoms with Crippen molar-refractivity contribution in [2.24, 2.45) is 5.73 Å². The Kier molecular flexibility index (Phi) is 4.71. The summed E-state index contributed by atoms with van der Waals surface area (Å²) >= 11 is 0. The molecule has 3 rings (SSSR count). The Balaban J connectivity index is 1.96. The largest absolute Gasteiger partial charge is 0.364 e. The van der Waals surface area contributed by atoms with Gasteiger partial charge in [-0.15, -0.1) is 5.10 Å². The summed E-state index contributed by atoms with van der Waals surface area (Å²) in [5.74, 6) is -1.50. The second-order valence-electron chi connectivity index (χ2n) is 5.71. The number of amides is 2. The molecule has 8 nitrogen and oxygen atoms in total. The van der Waals surface area contributed by atoms with Crippen LogP contribution in [-0.2, 0) is 11.3 Å². The van der Waals surface area contributed by atoms with E-state index in [9.17, 15) is 9.59 Å². The van der Waals surface area contributed by atoms with Crippen molar-refractivity contribution in [1.82, 2.24) is 20.5 Å². The molecule has 1 heterocycles. The summed E-state index contributed by atoms with van der Waals surface area (Å²) in [5.41, 5.74) is 8.00. The molecule has 4 N–H and O–H groups in total. The van der Waals surface area contributed by atoms with E-state index >= 15 is 0 Å². The van der Waals surface area contributed by atoms with E-state index in [-0.39, 0.29) is 24.6 Å². The number of primary amides is 1. The van der Waals surface area contributed by atoms with Crippen molar-refractivity contribution in [2.75, 3.05) is 0 Å². The average molecular weight is 339 g/mol. The predicted octanol–water partition coefficient (Wildman–Crippen LogP) is 1.21.